The summed E-state index contributed by atoms with van der Waals surface area (Å²) < 4.78 is 7.77. The van der Waals surface area contributed by atoms with Crippen molar-refractivity contribution in [3.05, 3.63) is 167 Å². The van der Waals surface area contributed by atoms with Crippen LogP contribution in [0.25, 0.3) is 99.0 Å². The number of para-hydroxylation sites is 2. The monoisotopic (exact) mass is 989 g/mol. The Labute approximate surface area is 376 Å². The predicted octanol–water partition coefficient (Wildman–Crippen LogP) is 15.9. The summed E-state index contributed by atoms with van der Waals surface area (Å²) in [6.45, 7) is 18.3. The molecule has 0 fully saturated rings. The molecule has 0 saturated heterocycles. The van der Waals surface area contributed by atoms with Gasteiger partial charge < -0.3 is 4.42 Å². The van der Waals surface area contributed by atoms with Crippen LogP contribution >= 0.6 is 11.3 Å². The van der Waals surface area contributed by atoms with Gasteiger partial charge in [-0.2, -0.15) is 11.3 Å². The molecule has 0 bridgehead atoms. The third-order valence-corrected chi connectivity index (χ3v) is 13.1. The summed E-state index contributed by atoms with van der Waals surface area (Å²) in [6, 6.07) is 54.7. The molecule has 0 aliphatic rings. The number of nitrogens with zero attached hydrogens (tertiary/aromatic N) is 2. The maximum atomic E-state index is 6.64. The molecule has 0 atom stereocenters. The Hall–Kier alpha value is -5.67. The van der Waals surface area contributed by atoms with Gasteiger partial charge >= 0.3 is 21.1 Å². The standard InChI is InChI=1S/C56H46N2OS.Pt/c1-33-34(2)60-54-42(33)32-43(51-41-23-15-16-25-49(41)59-53(51)54)46-27-26-37-22-17-24-40(52(37)58-46)48-31-39(30-47(57-48)36-20-13-10-14-21-36)50-44(55(3,4)5)28-38(29-45(50)56(6,7)8)35-18-11-9-12-19-35;/h9-20,22-31H,1-8H3;/q-2;+2. The van der Waals surface area contributed by atoms with Crippen molar-refractivity contribution < 1.29 is 25.5 Å². The zero-order chi connectivity index (χ0) is 41.5. The average Bonchev–Trinajstić information content (AvgIpc) is 3.78. The van der Waals surface area contributed by atoms with E-state index in [4.69, 9.17) is 14.4 Å². The summed E-state index contributed by atoms with van der Waals surface area (Å²) in [6.07, 6.45) is 0. The molecule has 302 valence electrons. The van der Waals surface area contributed by atoms with E-state index in [9.17, 15) is 0 Å². The van der Waals surface area contributed by atoms with Crippen molar-refractivity contribution in [3.8, 4) is 56.0 Å². The van der Waals surface area contributed by atoms with Crippen LogP contribution in [0.1, 0.15) is 63.1 Å². The molecule has 6 aromatic carbocycles. The Morgan fingerprint density at radius 2 is 1.33 bits per heavy atom. The van der Waals surface area contributed by atoms with Crippen LogP contribution in [0.4, 0.5) is 0 Å². The van der Waals surface area contributed by atoms with Crippen LogP contribution in [-0.4, -0.2) is 9.97 Å². The minimum Gasteiger partial charge on any atom is -0.471 e. The Kier molecular flexibility index (Phi) is 10.2. The fraction of sp³-hybridized carbons (Fsp3) is 0.179. The number of pyridine rings is 2. The first-order valence-corrected chi connectivity index (χ1v) is 21.6. The number of hydrogen-bond donors (Lipinski definition) is 0. The molecule has 0 spiro atoms. The summed E-state index contributed by atoms with van der Waals surface area (Å²) in [5, 5.41) is 4.26. The Morgan fingerprint density at radius 3 is 2.05 bits per heavy atom. The van der Waals surface area contributed by atoms with Gasteiger partial charge in [-0.3, -0.25) is 9.97 Å². The number of benzene rings is 6. The van der Waals surface area contributed by atoms with E-state index in [0.29, 0.717) is 0 Å². The molecule has 0 N–H and O–H groups in total. The number of furan rings is 1. The second kappa shape index (κ2) is 15.3. The summed E-state index contributed by atoms with van der Waals surface area (Å²) in [4.78, 5) is 12.3. The molecule has 0 radical (unpaired) electrons. The first-order chi connectivity index (χ1) is 28.8. The summed E-state index contributed by atoms with van der Waals surface area (Å²) in [5.41, 5.74) is 16.5. The van der Waals surface area contributed by atoms with Gasteiger partial charge in [-0.1, -0.05) is 150 Å². The third-order valence-electron chi connectivity index (χ3n) is 11.9. The predicted molar refractivity (Wildman–Crippen MR) is 254 cm³/mol. The molecule has 0 aliphatic carbocycles. The van der Waals surface area contributed by atoms with Gasteiger partial charge in [-0.25, -0.2) is 0 Å². The van der Waals surface area contributed by atoms with Gasteiger partial charge in [0.25, 0.3) is 0 Å². The molecule has 0 aliphatic heterocycles. The van der Waals surface area contributed by atoms with Gasteiger partial charge in [0, 0.05) is 16.0 Å². The van der Waals surface area contributed by atoms with Crippen molar-refractivity contribution in [1.29, 1.82) is 0 Å². The second-order valence-electron chi connectivity index (χ2n) is 18.1. The van der Waals surface area contributed by atoms with Crippen molar-refractivity contribution in [2.45, 2.75) is 66.2 Å². The topological polar surface area (TPSA) is 38.9 Å². The number of aromatic nitrogens is 2. The molecular formula is C56H46N2OPtS. The number of thiophene rings is 1. The Balaban J connectivity index is 0.00000476. The second-order valence-corrected chi connectivity index (χ2v) is 19.3. The Bertz CT molecular complexity index is 3260. The van der Waals surface area contributed by atoms with Crippen LogP contribution in [0, 0.1) is 26.0 Å². The largest absolute Gasteiger partial charge is 2.00 e. The minimum atomic E-state index is -0.155. The van der Waals surface area contributed by atoms with E-state index in [2.05, 4.69) is 183 Å². The normalized spacial score (nSPS) is 12.1. The van der Waals surface area contributed by atoms with E-state index >= 15 is 0 Å². The van der Waals surface area contributed by atoms with Crippen LogP contribution < -0.4 is 0 Å². The van der Waals surface area contributed by atoms with Crippen molar-refractivity contribution in [2.24, 2.45) is 0 Å². The number of hydrogen-bond acceptors (Lipinski definition) is 4. The average molecular weight is 990 g/mol. The molecule has 0 amide bonds. The third kappa shape index (κ3) is 7.14. The van der Waals surface area contributed by atoms with Gasteiger partial charge in [0.1, 0.15) is 5.58 Å². The maximum Gasteiger partial charge on any atom is 2.00 e. The summed E-state index contributed by atoms with van der Waals surface area (Å²) in [7, 11) is 0. The van der Waals surface area contributed by atoms with Gasteiger partial charge in [0.2, 0.25) is 0 Å². The van der Waals surface area contributed by atoms with Crippen molar-refractivity contribution in [1.82, 2.24) is 9.97 Å². The molecule has 4 aromatic heterocycles. The molecular weight excluding hydrogens is 944 g/mol. The zero-order valence-electron chi connectivity index (χ0n) is 35.7. The SMILES string of the molecule is Cc1sc2c([c-]c(-c3ccc4cccc(-c5cc(-c6c(C(C)(C)C)cc(-c7ccccc7)cc6C(C)(C)C)cc(-c6[c-]cccc6)n5)c4n3)c3c4ccccc4oc23)c1C.[Pt+2]. The quantitative estimate of drug-likeness (QED) is 0.161. The molecule has 61 heavy (non-hydrogen) atoms. The fourth-order valence-electron chi connectivity index (χ4n) is 8.70. The van der Waals surface area contributed by atoms with Gasteiger partial charge in [-0.05, 0) is 102 Å². The van der Waals surface area contributed by atoms with Crippen molar-refractivity contribution in [2.75, 3.05) is 0 Å². The first-order valence-electron chi connectivity index (χ1n) is 20.7. The summed E-state index contributed by atoms with van der Waals surface area (Å²) >= 11 is 1.78. The van der Waals surface area contributed by atoms with Crippen molar-refractivity contribution in [3.63, 3.8) is 0 Å². The summed E-state index contributed by atoms with van der Waals surface area (Å²) in [5.74, 6) is 0. The van der Waals surface area contributed by atoms with Gasteiger partial charge in [-0.15, -0.1) is 42.0 Å². The van der Waals surface area contributed by atoms with Crippen LogP contribution in [0.2, 0.25) is 0 Å². The van der Waals surface area contributed by atoms with Crippen LogP contribution in [0.15, 0.2) is 138 Å². The molecule has 3 nitrogen and oxygen atoms in total. The molecule has 0 unspecified atom stereocenters. The maximum absolute atomic E-state index is 6.64. The van der Waals surface area contributed by atoms with Crippen LogP contribution in [0.3, 0.4) is 0 Å². The molecule has 4 heterocycles. The molecule has 5 heteroatoms. The van der Waals surface area contributed by atoms with E-state index in [1.807, 2.05) is 18.2 Å². The van der Waals surface area contributed by atoms with E-state index < -0.39 is 0 Å². The van der Waals surface area contributed by atoms with Crippen molar-refractivity contribution >= 4 is 54.3 Å². The molecule has 10 rings (SSSR count). The van der Waals surface area contributed by atoms with E-state index in [-0.39, 0.29) is 31.9 Å². The minimum absolute atomic E-state index is 0. The number of fused-ring (bicyclic) bond motifs is 6. The van der Waals surface area contributed by atoms with Gasteiger partial charge in [0.05, 0.1) is 16.8 Å². The van der Waals surface area contributed by atoms with Gasteiger partial charge in [0.15, 0.2) is 0 Å². The van der Waals surface area contributed by atoms with E-state index in [0.717, 1.165) is 82.3 Å². The van der Waals surface area contributed by atoms with Crippen LogP contribution in [-0.2, 0) is 31.9 Å². The molecule has 0 saturated carbocycles. The number of aryl methyl sites for hydroxylation is 2. The van der Waals surface area contributed by atoms with Crippen LogP contribution in [0.5, 0.6) is 0 Å². The first kappa shape index (κ1) is 40.7. The van der Waals surface area contributed by atoms with E-state index in [1.54, 1.807) is 11.3 Å². The number of rotatable bonds is 5. The zero-order valence-corrected chi connectivity index (χ0v) is 38.8. The van der Waals surface area contributed by atoms with E-state index in [1.165, 1.54) is 38.3 Å². The smallest absolute Gasteiger partial charge is 0.471 e. The molecule has 10 aromatic rings. The fourth-order valence-corrected chi connectivity index (χ4v) is 9.80. The Morgan fingerprint density at radius 1 is 0.623 bits per heavy atom.